The quantitative estimate of drug-likeness (QED) is 0.821. The third kappa shape index (κ3) is 2.55. The van der Waals surface area contributed by atoms with Gasteiger partial charge >= 0.3 is 0 Å². The molecular formula is C15H21NO2. The summed E-state index contributed by atoms with van der Waals surface area (Å²) in [7, 11) is 1.66. The Balaban J connectivity index is 2.43. The molecule has 0 unspecified atom stereocenters. The molecule has 1 aromatic rings. The molecule has 1 heterocycles. The zero-order valence-electron chi connectivity index (χ0n) is 11.5. The van der Waals surface area contributed by atoms with Crippen LogP contribution in [0.5, 0.6) is 5.88 Å². The van der Waals surface area contributed by atoms with Crippen LogP contribution in [-0.2, 0) is 24.1 Å². The first-order valence-electron chi connectivity index (χ1n) is 6.68. The van der Waals surface area contributed by atoms with Gasteiger partial charge in [-0.1, -0.05) is 0 Å². The Labute approximate surface area is 109 Å². The van der Waals surface area contributed by atoms with Crippen LogP contribution in [0.25, 0.3) is 0 Å². The molecule has 0 N–H and O–H groups in total. The monoisotopic (exact) mass is 247 g/mol. The summed E-state index contributed by atoms with van der Waals surface area (Å²) in [6, 6.07) is 0. The van der Waals surface area contributed by atoms with Crippen molar-refractivity contribution in [1.82, 2.24) is 4.98 Å². The number of carbonyl (C=O) groups excluding carboxylic acids is 1. The van der Waals surface area contributed by atoms with Crippen LogP contribution in [0.15, 0.2) is 0 Å². The van der Waals surface area contributed by atoms with E-state index in [4.69, 9.17) is 4.74 Å². The Morgan fingerprint density at radius 2 is 1.94 bits per heavy atom. The minimum atomic E-state index is 0.224. The second kappa shape index (κ2) is 5.51. The largest absolute Gasteiger partial charge is 0.481 e. The number of carbonyl (C=O) groups is 1. The van der Waals surface area contributed by atoms with E-state index >= 15 is 0 Å². The molecule has 0 saturated carbocycles. The Morgan fingerprint density at radius 1 is 1.28 bits per heavy atom. The maximum atomic E-state index is 11.2. The number of hydrogen-bond acceptors (Lipinski definition) is 3. The van der Waals surface area contributed by atoms with Gasteiger partial charge in [-0.2, -0.15) is 0 Å². The number of hydrogen-bond donors (Lipinski definition) is 0. The highest BCUT2D eigenvalue weighted by atomic mass is 16.5. The lowest BCUT2D eigenvalue weighted by atomic mass is 9.86. The van der Waals surface area contributed by atoms with E-state index in [1.807, 2.05) is 0 Å². The van der Waals surface area contributed by atoms with Crippen molar-refractivity contribution < 1.29 is 9.53 Å². The van der Waals surface area contributed by atoms with Crippen LogP contribution in [-0.4, -0.2) is 17.9 Å². The number of Topliss-reactive ketones (excluding diaryl/α,β-unsaturated/α-hetero) is 1. The first-order valence-corrected chi connectivity index (χ1v) is 6.68. The molecule has 0 atom stereocenters. The van der Waals surface area contributed by atoms with Crippen LogP contribution in [0.3, 0.4) is 0 Å². The molecular weight excluding hydrogens is 226 g/mol. The molecule has 0 spiro atoms. The Hall–Kier alpha value is -1.38. The van der Waals surface area contributed by atoms with Gasteiger partial charge in [-0.3, -0.25) is 0 Å². The Kier molecular flexibility index (Phi) is 4.00. The first kappa shape index (κ1) is 13.1. The topological polar surface area (TPSA) is 39.2 Å². The Bertz CT molecular complexity index is 466. The molecule has 0 saturated heterocycles. The number of pyridine rings is 1. The SMILES string of the molecule is COc1nc(C)c2c(c1CCC(C)=O)CCCC2. The average molecular weight is 247 g/mol. The fraction of sp³-hybridized carbons (Fsp3) is 0.600. The van der Waals surface area contributed by atoms with Gasteiger partial charge in [0.2, 0.25) is 5.88 Å². The van der Waals surface area contributed by atoms with Crippen LogP contribution >= 0.6 is 0 Å². The summed E-state index contributed by atoms with van der Waals surface area (Å²) < 4.78 is 5.40. The number of ether oxygens (including phenoxy) is 1. The van der Waals surface area contributed by atoms with Crippen molar-refractivity contribution >= 4 is 5.78 Å². The van der Waals surface area contributed by atoms with E-state index in [1.54, 1.807) is 14.0 Å². The minimum Gasteiger partial charge on any atom is -0.481 e. The highest BCUT2D eigenvalue weighted by Gasteiger charge is 2.20. The minimum absolute atomic E-state index is 0.224. The van der Waals surface area contributed by atoms with Crippen molar-refractivity contribution in [1.29, 1.82) is 0 Å². The van der Waals surface area contributed by atoms with Crippen molar-refractivity contribution in [2.75, 3.05) is 7.11 Å². The molecule has 98 valence electrons. The van der Waals surface area contributed by atoms with Crippen molar-refractivity contribution in [2.45, 2.75) is 52.4 Å². The summed E-state index contributed by atoms with van der Waals surface area (Å²) in [6.45, 7) is 3.70. The smallest absolute Gasteiger partial charge is 0.216 e. The lowest BCUT2D eigenvalue weighted by Crippen LogP contribution is -2.13. The highest BCUT2D eigenvalue weighted by Crippen LogP contribution is 2.32. The number of fused-ring (bicyclic) bond motifs is 1. The number of nitrogens with zero attached hydrogens (tertiary/aromatic N) is 1. The molecule has 0 bridgehead atoms. The summed E-state index contributed by atoms with van der Waals surface area (Å²) >= 11 is 0. The van der Waals surface area contributed by atoms with E-state index in [0.717, 1.165) is 36.4 Å². The number of methoxy groups -OCH3 is 1. The molecule has 18 heavy (non-hydrogen) atoms. The van der Waals surface area contributed by atoms with Gasteiger partial charge in [-0.25, -0.2) is 4.98 Å². The van der Waals surface area contributed by atoms with Gasteiger partial charge < -0.3 is 9.53 Å². The number of rotatable bonds is 4. The van der Waals surface area contributed by atoms with Gasteiger partial charge in [0.25, 0.3) is 0 Å². The summed E-state index contributed by atoms with van der Waals surface area (Å²) in [5.41, 5.74) is 5.04. The highest BCUT2D eigenvalue weighted by molar-refractivity contribution is 5.75. The van der Waals surface area contributed by atoms with Gasteiger partial charge in [0, 0.05) is 17.7 Å². The van der Waals surface area contributed by atoms with Crippen LogP contribution in [0.4, 0.5) is 0 Å². The summed E-state index contributed by atoms with van der Waals surface area (Å²) in [5.74, 6) is 0.941. The molecule has 1 aliphatic carbocycles. The zero-order valence-corrected chi connectivity index (χ0v) is 11.5. The molecule has 3 heteroatoms. The molecule has 1 aliphatic rings. The summed E-state index contributed by atoms with van der Waals surface area (Å²) in [5, 5.41) is 0. The normalized spacial score (nSPS) is 14.2. The zero-order chi connectivity index (χ0) is 13.1. The molecule has 0 aromatic carbocycles. The van der Waals surface area contributed by atoms with Crippen molar-refractivity contribution in [3.05, 3.63) is 22.4 Å². The van der Waals surface area contributed by atoms with Crippen LogP contribution in [0.1, 0.15) is 48.6 Å². The maximum Gasteiger partial charge on any atom is 0.216 e. The molecule has 0 amide bonds. The third-order valence-electron chi connectivity index (χ3n) is 3.72. The van der Waals surface area contributed by atoms with Gasteiger partial charge in [0.1, 0.15) is 5.78 Å². The van der Waals surface area contributed by atoms with Crippen molar-refractivity contribution in [2.24, 2.45) is 0 Å². The fourth-order valence-corrected chi connectivity index (χ4v) is 2.78. The first-order chi connectivity index (χ1) is 8.63. The number of aryl methyl sites for hydroxylation is 1. The summed E-state index contributed by atoms with van der Waals surface area (Å²) in [6.07, 6.45) is 6.02. The van der Waals surface area contributed by atoms with Gasteiger partial charge in [-0.05, 0) is 57.1 Å². The second-order valence-corrected chi connectivity index (χ2v) is 5.05. The van der Waals surface area contributed by atoms with Crippen LogP contribution in [0.2, 0.25) is 0 Å². The molecule has 1 aromatic heterocycles. The Morgan fingerprint density at radius 3 is 2.56 bits per heavy atom. The second-order valence-electron chi connectivity index (χ2n) is 5.05. The van der Waals surface area contributed by atoms with E-state index in [1.165, 1.54) is 24.0 Å². The van der Waals surface area contributed by atoms with E-state index in [-0.39, 0.29) is 5.78 Å². The van der Waals surface area contributed by atoms with Crippen LogP contribution < -0.4 is 4.74 Å². The third-order valence-corrected chi connectivity index (χ3v) is 3.72. The predicted octanol–water partition coefficient (Wildman–Crippen LogP) is 2.80. The van der Waals surface area contributed by atoms with Crippen molar-refractivity contribution in [3.8, 4) is 5.88 Å². The fourth-order valence-electron chi connectivity index (χ4n) is 2.78. The van der Waals surface area contributed by atoms with Crippen molar-refractivity contribution in [3.63, 3.8) is 0 Å². The lowest BCUT2D eigenvalue weighted by molar-refractivity contribution is -0.116. The predicted molar refractivity (Wildman–Crippen MR) is 71.2 cm³/mol. The molecule has 0 aliphatic heterocycles. The average Bonchev–Trinajstić information content (AvgIpc) is 2.37. The molecule has 0 radical (unpaired) electrons. The van der Waals surface area contributed by atoms with E-state index < -0.39 is 0 Å². The van der Waals surface area contributed by atoms with E-state index in [2.05, 4.69) is 11.9 Å². The van der Waals surface area contributed by atoms with Gasteiger partial charge in [0.15, 0.2) is 0 Å². The number of aromatic nitrogens is 1. The van der Waals surface area contributed by atoms with Crippen LogP contribution in [0, 0.1) is 6.92 Å². The summed E-state index contributed by atoms with van der Waals surface area (Å²) in [4.78, 5) is 15.7. The molecule has 0 fully saturated rings. The standard InChI is InChI=1S/C15H21NO2/c1-10(17)8-9-14-13-7-5-4-6-12(13)11(2)16-15(14)18-3/h4-9H2,1-3H3. The van der Waals surface area contributed by atoms with E-state index in [9.17, 15) is 4.79 Å². The maximum absolute atomic E-state index is 11.2. The van der Waals surface area contributed by atoms with Gasteiger partial charge in [0.05, 0.1) is 7.11 Å². The number of ketones is 1. The lowest BCUT2D eigenvalue weighted by Gasteiger charge is -2.22. The molecule has 2 rings (SSSR count). The van der Waals surface area contributed by atoms with E-state index in [0.29, 0.717) is 6.42 Å². The molecule has 3 nitrogen and oxygen atoms in total. The van der Waals surface area contributed by atoms with Gasteiger partial charge in [-0.15, -0.1) is 0 Å².